The summed E-state index contributed by atoms with van der Waals surface area (Å²) < 4.78 is 21.7. The van der Waals surface area contributed by atoms with Gasteiger partial charge in [0.05, 0.1) is 42.0 Å². The third-order valence-corrected chi connectivity index (χ3v) is 7.29. The van der Waals surface area contributed by atoms with E-state index in [9.17, 15) is 9.59 Å². The molecule has 0 N–H and O–H groups in total. The Hall–Kier alpha value is -3.51. The molecule has 4 rings (SSSR count). The molecular weight excluding hydrogens is 619 g/mol. The molecule has 0 aromatic heterocycles. The van der Waals surface area contributed by atoms with E-state index in [-0.39, 0.29) is 12.5 Å². The number of carbonyl (C=O) groups excluding carboxylic acids is 2. The quantitative estimate of drug-likeness (QED) is 0.169. The molecule has 10 heteroatoms. The molecule has 0 bridgehead atoms. The van der Waals surface area contributed by atoms with E-state index in [4.69, 9.17) is 19.2 Å². The van der Waals surface area contributed by atoms with Gasteiger partial charge in [0.15, 0.2) is 23.3 Å². The molecule has 3 aromatic rings. The molecule has 0 spiro atoms. The lowest BCUT2D eigenvalue weighted by Gasteiger charge is -2.16. The number of benzene rings is 3. The van der Waals surface area contributed by atoms with Gasteiger partial charge in [-0.3, -0.25) is 9.69 Å². The second-order valence-corrected chi connectivity index (χ2v) is 10.2. The minimum absolute atomic E-state index is 0.152. The van der Waals surface area contributed by atoms with Gasteiger partial charge < -0.3 is 18.9 Å². The van der Waals surface area contributed by atoms with Gasteiger partial charge in [-0.1, -0.05) is 30.3 Å². The molecule has 1 heterocycles. The predicted octanol–water partition coefficient (Wildman–Crippen LogP) is 5.66. The number of amides is 1. The highest BCUT2D eigenvalue weighted by Gasteiger charge is 2.33. The number of amidine groups is 1. The third kappa shape index (κ3) is 6.67. The van der Waals surface area contributed by atoms with Crippen LogP contribution in [0.2, 0.25) is 0 Å². The number of rotatable bonds is 9. The average Bonchev–Trinajstić information content (AvgIpc) is 3.21. The molecule has 1 fully saturated rings. The van der Waals surface area contributed by atoms with Gasteiger partial charge >= 0.3 is 5.97 Å². The van der Waals surface area contributed by atoms with Crippen molar-refractivity contribution in [1.82, 2.24) is 4.90 Å². The Kier molecular flexibility index (Phi) is 9.29. The van der Waals surface area contributed by atoms with Gasteiger partial charge in [0.2, 0.25) is 0 Å². The van der Waals surface area contributed by atoms with Gasteiger partial charge in [0, 0.05) is 0 Å². The summed E-state index contributed by atoms with van der Waals surface area (Å²) in [5.74, 6) is 0.969. The second kappa shape index (κ2) is 12.8. The summed E-state index contributed by atoms with van der Waals surface area (Å²) in [6.45, 7) is 0.122. The lowest BCUT2D eigenvalue weighted by Crippen LogP contribution is -2.28. The molecule has 196 valence electrons. The Balaban J connectivity index is 1.66. The number of methoxy groups -OCH3 is 3. The van der Waals surface area contributed by atoms with Crippen molar-refractivity contribution in [3.8, 4) is 17.2 Å². The molecule has 3 aromatic carbocycles. The number of halogens is 1. The van der Waals surface area contributed by atoms with Crippen LogP contribution in [0.1, 0.15) is 11.1 Å². The monoisotopic (exact) mass is 644 g/mol. The molecule has 0 atom stereocenters. The summed E-state index contributed by atoms with van der Waals surface area (Å²) in [5.41, 5.74) is 2.45. The molecular formula is C28H25IN2O6S. The number of para-hydroxylation sites is 1. The van der Waals surface area contributed by atoms with Crippen LogP contribution in [0.4, 0.5) is 5.69 Å². The van der Waals surface area contributed by atoms with Crippen LogP contribution in [0.3, 0.4) is 0 Å². The van der Waals surface area contributed by atoms with Crippen molar-refractivity contribution in [2.75, 3.05) is 27.9 Å². The zero-order chi connectivity index (χ0) is 27.1. The molecule has 1 saturated heterocycles. The molecule has 0 aliphatic carbocycles. The Morgan fingerprint density at radius 3 is 2.42 bits per heavy atom. The van der Waals surface area contributed by atoms with Crippen LogP contribution in [-0.2, 0) is 20.9 Å². The lowest BCUT2D eigenvalue weighted by atomic mass is 10.1. The zero-order valence-electron chi connectivity index (χ0n) is 21.0. The Labute approximate surface area is 238 Å². The Morgan fingerprint density at radius 2 is 1.76 bits per heavy atom. The van der Waals surface area contributed by atoms with Crippen molar-refractivity contribution in [1.29, 1.82) is 0 Å². The van der Waals surface area contributed by atoms with Crippen LogP contribution in [0.25, 0.3) is 6.08 Å². The first-order valence-electron chi connectivity index (χ1n) is 11.5. The van der Waals surface area contributed by atoms with Gasteiger partial charge in [0.1, 0.15) is 5.75 Å². The average molecular weight is 644 g/mol. The van der Waals surface area contributed by atoms with Crippen LogP contribution < -0.4 is 14.2 Å². The fraction of sp³-hybridized carbons (Fsp3) is 0.179. The summed E-state index contributed by atoms with van der Waals surface area (Å²) in [6.07, 6.45) is 1.80. The maximum absolute atomic E-state index is 13.6. The molecule has 0 unspecified atom stereocenters. The highest BCUT2D eigenvalue weighted by Crippen LogP contribution is 2.38. The van der Waals surface area contributed by atoms with Gasteiger partial charge in [0.25, 0.3) is 5.91 Å². The van der Waals surface area contributed by atoms with E-state index in [1.54, 1.807) is 24.2 Å². The standard InChI is InChI=1S/C28H25IN2O6S/c1-34-21-11-9-18(10-12-21)16-31-27(33)24(38-28(31)30-20-7-5-4-6-8-20)15-19-13-22(29)26(23(14-19)35-2)37-17-25(32)36-3/h4-15H,16-17H2,1-3H3/b24-15-,30-28?. The summed E-state index contributed by atoms with van der Waals surface area (Å²) in [7, 11) is 4.43. The molecule has 38 heavy (non-hydrogen) atoms. The highest BCUT2D eigenvalue weighted by molar-refractivity contribution is 14.1. The van der Waals surface area contributed by atoms with Crippen molar-refractivity contribution in [3.63, 3.8) is 0 Å². The first-order valence-corrected chi connectivity index (χ1v) is 13.4. The first kappa shape index (κ1) is 27.5. The van der Waals surface area contributed by atoms with E-state index in [2.05, 4.69) is 27.3 Å². The number of aliphatic imine (C=N–C) groups is 1. The van der Waals surface area contributed by atoms with E-state index in [0.717, 1.165) is 26.1 Å². The van der Waals surface area contributed by atoms with Crippen LogP contribution >= 0.6 is 34.4 Å². The molecule has 1 amide bonds. The Morgan fingerprint density at radius 1 is 1.03 bits per heavy atom. The summed E-state index contributed by atoms with van der Waals surface area (Å²) in [5, 5.41) is 0.586. The normalized spacial score (nSPS) is 15.2. The van der Waals surface area contributed by atoms with E-state index >= 15 is 0 Å². The van der Waals surface area contributed by atoms with Crippen molar-refractivity contribution >= 4 is 63.2 Å². The van der Waals surface area contributed by atoms with E-state index < -0.39 is 5.97 Å². The molecule has 0 radical (unpaired) electrons. The minimum atomic E-state index is -0.496. The highest BCUT2D eigenvalue weighted by atomic mass is 127. The fourth-order valence-electron chi connectivity index (χ4n) is 3.56. The van der Waals surface area contributed by atoms with Gasteiger partial charge in [-0.2, -0.15) is 0 Å². The number of nitrogens with zero attached hydrogens (tertiary/aromatic N) is 2. The van der Waals surface area contributed by atoms with Crippen molar-refractivity contribution < 1.29 is 28.5 Å². The minimum Gasteiger partial charge on any atom is -0.497 e. The molecule has 1 aliphatic rings. The van der Waals surface area contributed by atoms with Crippen LogP contribution in [-0.4, -0.2) is 49.9 Å². The van der Waals surface area contributed by atoms with E-state index in [1.165, 1.54) is 26.0 Å². The zero-order valence-corrected chi connectivity index (χ0v) is 23.9. The van der Waals surface area contributed by atoms with Crippen molar-refractivity contribution in [2.45, 2.75) is 6.54 Å². The number of carbonyl (C=O) groups is 2. The number of hydrogen-bond donors (Lipinski definition) is 0. The van der Waals surface area contributed by atoms with Gasteiger partial charge in [-0.15, -0.1) is 0 Å². The van der Waals surface area contributed by atoms with Crippen molar-refractivity contribution in [3.05, 3.63) is 86.3 Å². The molecule has 1 aliphatic heterocycles. The van der Waals surface area contributed by atoms with E-state index in [0.29, 0.717) is 28.1 Å². The number of hydrogen-bond acceptors (Lipinski definition) is 8. The third-order valence-electron chi connectivity index (χ3n) is 5.48. The second-order valence-electron chi connectivity index (χ2n) is 7.98. The summed E-state index contributed by atoms with van der Waals surface area (Å²) in [4.78, 5) is 32.0. The van der Waals surface area contributed by atoms with Gasteiger partial charge in [-0.25, -0.2) is 9.79 Å². The predicted molar refractivity (Wildman–Crippen MR) is 156 cm³/mol. The number of esters is 1. The number of thioether (sulfide) groups is 1. The largest absolute Gasteiger partial charge is 0.497 e. The first-order chi connectivity index (χ1) is 18.4. The summed E-state index contributed by atoms with van der Waals surface area (Å²) in [6, 6.07) is 20.7. The molecule has 0 saturated carbocycles. The SMILES string of the molecule is COC(=O)COc1c(I)cc(/C=C2\SC(=Nc3ccccc3)N(Cc3ccc(OC)cc3)C2=O)cc1OC. The van der Waals surface area contributed by atoms with Gasteiger partial charge in [-0.05, 0) is 88.0 Å². The fourth-order valence-corrected chi connectivity index (χ4v) is 5.34. The van der Waals surface area contributed by atoms with Crippen LogP contribution in [0.15, 0.2) is 76.6 Å². The number of ether oxygens (including phenoxy) is 4. The maximum Gasteiger partial charge on any atom is 0.343 e. The van der Waals surface area contributed by atoms with Crippen LogP contribution in [0, 0.1) is 3.57 Å². The summed E-state index contributed by atoms with van der Waals surface area (Å²) >= 11 is 3.42. The smallest absolute Gasteiger partial charge is 0.343 e. The Bertz CT molecular complexity index is 1380. The topological polar surface area (TPSA) is 86.7 Å². The molecule has 8 nitrogen and oxygen atoms in total. The maximum atomic E-state index is 13.6. The van der Waals surface area contributed by atoms with Crippen LogP contribution in [0.5, 0.6) is 17.2 Å². The lowest BCUT2D eigenvalue weighted by molar-refractivity contribution is -0.143. The van der Waals surface area contributed by atoms with E-state index in [1.807, 2.05) is 60.7 Å². The van der Waals surface area contributed by atoms with Crippen molar-refractivity contribution in [2.24, 2.45) is 4.99 Å².